The number of hydrogen-bond acceptors (Lipinski definition) is 4. The third-order valence-electron chi connectivity index (χ3n) is 3.05. The van der Waals surface area contributed by atoms with Crippen molar-refractivity contribution < 1.29 is 13.9 Å². The van der Waals surface area contributed by atoms with Crippen LogP contribution in [0.4, 0.5) is 0 Å². The predicted molar refractivity (Wildman–Crippen MR) is 59.2 cm³/mol. The number of carbonyl (C=O) groups excluding carboxylic acids is 1. The van der Waals surface area contributed by atoms with Gasteiger partial charge >= 0.3 is 5.97 Å². The van der Waals surface area contributed by atoms with E-state index in [9.17, 15) is 4.79 Å². The summed E-state index contributed by atoms with van der Waals surface area (Å²) in [7, 11) is 1.42. The highest BCUT2D eigenvalue weighted by Gasteiger charge is 2.29. The molecule has 1 aromatic rings. The summed E-state index contributed by atoms with van der Waals surface area (Å²) in [4.78, 5) is 11.4. The number of hydrogen-bond donors (Lipinski definition) is 1. The molecule has 1 aromatic heterocycles. The zero-order valence-corrected chi connectivity index (χ0v) is 9.66. The Hall–Kier alpha value is -1.29. The average molecular weight is 223 g/mol. The Kier molecular flexibility index (Phi) is 3.29. The van der Waals surface area contributed by atoms with Crippen LogP contribution in [0.3, 0.4) is 0 Å². The van der Waals surface area contributed by atoms with Crippen molar-refractivity contribution >= 4 is 5.97 Å². The molecule has 2 heterocycles. The molecule has 1 N–H and O–H groups in total. The molecule has 16 heavy (non-hydrogen) atoms. The highest BCUT2D eigenvalue weighted by atomic mass is 16.5. The third kappa shape index (κ3) is 2.27. The van der Waals surface area contributed by atoms with E-state index in [4.69, 9.17) is 9.15 Å². The van der Waals surface area contributed by atoms with Gasteiger partial charge < -0.3 is 14.5 Å². The van der Waals surface area contributed by atoms with Gasteiger partial charge in [-0.2, -0.15) is 0 Å². The van der Waals surface area contributed by atoms with Crippen molar-refractivity contribution in [1.29, 1.82) is 0 Å². The SMILES string of the molecule is COC(=O)C1CC(c2ccc(C)o2)CCN1. The number of methoxy groups -OCH3 is 1. The lowest BCUT2D eigenvalue weighted by atomic mass is 9.90. The summed E-state index contributed by atoms with van der Waals surface area (Å²) in [6.07, 6.45) is 1.75. The maximum absolute atomic E-state index is 11.4. The van der Waals surface area contributed by atoms with Crippen LogP contribution in [0, 0.1) is 6.92 Å². The second-order valence-electron chi connectivity index (χ2n) is 4.20. The standard InChI is InChI=1S/C12H17NO3/c1-8-3-4-11(16-8)9-5-6-13-10(7-9)12(14)15-2/h3-4,9-10,13H,5-7H2,1-2H3. The van der Waals surface area contributed by atoms with Crippen molar-refractivity contribution in [2.24, 2.45) is 0 Å². The van der Waals surface area contributed by atoms with E-state index in [2.05, 4.69) is 5.32 Å². The number of carbonyl (C=O) groups is 1. The lowest BCUT2D eigenvalue weighted by molar-refractivity contribution is -0.143. The minimum atomic E-state index is -0.200. The lowest BCUT2D eigenvalue weighted by Gasteiger charge is -2.27. The molecule has 1 saturated heterocycles. The van der Waals surface area contributed by atoms with E-state index in [-0.39, 0.29) is 12.0 Å². The zero-order valence-electron chi connectivity index (χ0n) is 9.66. The number of nitrogens with one attached hydrogen (secondary N) is 1. The maximum atomic E-state index is 11.4. The molecule has 0 spiro atoms. The summed E-state index contributed by atoms with van der Waals surface area (Å²) in [6.45, 7) is 2.76. The number of ether oxygens (including phenoxy) is 1. The molecule has 88 valence electrons. The largest absolute Gasteiger partial charge is 0.468 e. The molecule has 1 fully saturated rings. The first-order chi connectivity index (χ1) is 7.70. The Balaban J connectivity index is 2.04. The highest BCUT2D eigenvalue weighted by molar-refractivity contribution is 5.75. The Morgan fingerprint density at radius 1 is 1.56 bits per heavy atom. The van der Waals surface area contributed by atoms with Crippen LogP contribution in [0.25, 0.3) is 0 Å². The van der Waals surface area contributed by atoms with Gasteiger partial charge in [-0.1, -0.05) is 0 Å². The molecule has 0 saturated carbocycles. The van der Waals surface area contributed by atoms with E-state index in [0.29, 0.717) is 5.92 Å². The minimum Gasteiger partial charge on any atom is -0.468 e. The van der Waals surface area contributed by atoms with E-state index in [1.54, 1.807) is 0 Å². The van der Waals surface area contributed by atoms with E-state index in [1.807, 2.05) is 19.1 Å². The van der Waals surface area contributed by atoms with Gasteiger partial charge in [-0.3, -0.25) is 4.79 Å². The van der Waals surface area contributed by atoms with Gasteiger partial charge in [0.05, 0.1) is 7.11 Å². The number of rotatable bonds is 2. The second-order valence-corrected chi connectivity index (χ2v) is 4.20. The monoisotopic (exact) mass is 223 g/mol. The molecule has 4 heteroatoms. The van der Waals surface area contributed by atoms with Crippen molar-refractivity contribution in [3.05, 3.63) is 23.7 Å². The number of aryl methyl sites for hydroxylation is 1. The molecular formula is C12H17NO3. The first-order valence-electron chi connectivity index (χ1n) is 5.58. The van der Waals surface area contributed by atoms with E-state index >= 15 is 0 Å². The van der Waals surface area contributed by atoms with Crippen molar-refractivity contribution in [3.63, 3.8) is 0 Å². The first-order valence-corrected chi connectivity index (χ1v) is 5.58. The van der Waals surface area contributed by atoms with Crippen LogP contribution in [0.5, 0.6) is 0 Å². The van der Waals surface area contributed by atoms with E-state index < -0.39 is 0 Å². The van der Waals surface area contributed by atoms with Gasteiger partial charge in [-0.15, -0.1) is 0 Å². The normalized spacial score (nSPS) is 25.4. The quantitative estimate of drug-likeness (QED) is 0.774. The van der Waals surface area contributed by atoms with Gasteiger partial charge in [0.15, 0.2) is 0 Å². The molecule has 0 aliphatic carbocycles. The Labute approximate surface area is 95.0 Å². The molecule has 4 nitrogen and oxygen atoms in total. The molecule has 0 aromatic carbocycles. The van der Waals surface area contributed by atoms with Crippen LogP contribution in [0.1, 0.15) is 30.3 Å². The van der Waals surface area contributed by atoms with Gasteiger partial charge in [0.2, 0.25) is 0 Å². The van der Waals surface area contributed by atoms with Crippen LogP contribution in [-0.2, 0) is 9.53 Å². The van der Waals surface area contributed by atoms with Crippen molar-refractivity contribution in [2.45, 2.75) is 31.7 Å². The number of esters is 1. The molecule has 0 amide bonds. The summed E-state index contributed by atoms with van der Waals surface area (Å²) >= 11 is 0. The molecule has 2 atom stereocenters. The fourth-order valence-electron chi connectivity index (χ4n) is 2.17. The van der Waals surface area contributed by atoms with Gasteiger partial charge in [-0.05, 0) is 38.4 Å². The van der Waals surface area contributed by atoms with Crippen LogP contribution in [0.2, 0.25) is 0 Å². The van der Waals surface area contributed by atoms with Crippen LogP contribution < -0.4 is 5.32 Å². The van der Waals surface area contributed by atoms with E-state index in [0.717, 1.165) is 30.9 Å². The van der Waals surface area contributed by atoms with Crippen molar-refractivity contribution in [1.82, 2.24) is 5.32 Å². The fourth-order valence-corrected chi connectivity index (χ4v) is 2.17. The Morgan fingerprint density at radius 2 is 2.38 bits per heavy atom. The summed E-state index contributed by atoms with van der Waals surface area (Å²) in [5.41, 5.74) is 0. The van der Waals surface area contributed by atoms with Gasteiger partial charge in [0.25, 0.3) is 0 Å². The smallest absolute Gasteiger partial charge is 0.322 e. The highest BCUT2D eigenvalue weighted by Crippen LogP contribution is 2.29. The Morgan fingerprint density at radius 3 is 3.00 bits per heavy atom. The minimum absolute atomic E-state index is 0.187. The summed E-state index contributed by atoms with van der Waals surface area (Å²) in [5, 5.41) is 3.16. The van der Waals surface area contributed by atoms with Crippen molar-refractivity contribution in [3.8, 4) is 0 Å². The molecular weight excluding hydrogens is 206 g/mol. The van der Waals surface area contributed by atoms with Gasteiger partial charge in [0, 0.05) is 5.92 Å². The first kappa shape index (κ1) is 11.2. The molecule has 2 unspecified atom stereocenters. The van der Waals surface area contributed by atoms with Crippen LogP contribution >= 0.6 is 0 Å². The van der Waals surface area contributed by atoms with Crippen molar-refractivity contribution in [2.75, 3.05) is 13.7 Å². The molecule has 0 radical (unpaired) electrons. The van der Waals surface area contributed by atoms with Gasteiger partial charge in [-0.25, -0.2) is 0 Å². The number of furan rings is 1. The van der Waals surface area contributed by atoms with Crippen LogP contribution in [0.15, 0.2) is 16.5 Å². The molecule has 1 aliphatic heterocycles. The maximum Gasteiger partial charge on any atom is 0.322 e. The van der Waals surface area contributed by atoms with Crippen LogP contribution in [-0.4, -0.2) is 25.7 Å². The lowest BCUT2D eigenvalue weighted by Crippen LogP contribution is -2.43. The summed E-state index contributed by atoms with van der Waals surface area (Å²) < 4.78 is 10.4. The second kappa shape index (κ2) is 4.70. The number of piperidine rings is 1. The summed E-state index contributed by atoms with van der Waals surface area (Å²) in [6, 6.07) is 3.76. The van der Waals surface area contributed by atoms with E-state index in [1.165, 1.54) is 7.11 Å². The zero-order chi connectivity index (χ0) is 11.5. The molecule has 1 aliphatic rings. The predicted octanol–water partition coefficient (Wildman–Crippen LogP) is 1.60. The molecule has 0 bridgehead atoms. The summed E-state index contributed by atoms with van der Waals surface area (Å²) in [5.74, 6) is 2.03. The third-order valence-corrected chi connectivity index (χ3v) is 3.05. The topological polar surface area (TPSA) is 51.5 Å². The molecule has 2 rings (SSSR count). The Bertz CT molecular complexity index is 372. The fraction of sp³-hybridized carbons (Fsp3) is 0.583. The average Bonchev–Trinajstić information content (AvgIpc) is 2.75. The van der Waals surface area contributed by atoms with Gasteiger partial charge in [0.1, 0.15) is 17.6 Å².